The van der Waals surface area contributed by atoms with Gasteiger partial charge in [-0.2, -0.15) is 4.80 Å². The Morgan fingerprint density at radius 3 is 2.41 bits per heavy atom. The van der Waals surface area contributed by atoms with Crippen molar-refractivity contribution in [3.63, 3.8) is 0 Å². The van der Waals surface area contributed by atoms with Crippen molar-refractivity contribution < 1.29 is 14.6 Å². The molecule has 3 aromatic carbocycles. The lowest BCUT2D eigenvalue weighted by Crippen LogP contribution is -2.09. The molecule has 29 heavy (non-hydrogen) atoms. The minimum absolute atomic E-state index is 0.228. The molecule has 0 amide bonds. The summed E-state index contributed by atoms with van der Waals surface area (Å²) in [5, 5.41) is 21.8. The van der Waals surface area contributed by atoms with Crippen molar-refractivity contribution in [2.24, 2.45) is 0 Å². The minimum Gasteiger partial charge on any atom is -0.489 e. The average molecular weight is 386 g/mol. The zero-order valence-corrected chi connectivity index (χ0v) is 15.5. The molecule has 0 aliphatic rings. The number of carboxylic acids is 1. The van der Waals surface area contributed by atoms with E-state index in [1.165, 1.54) is 4.80 Å². The van der Waals surface area contributed by atoms with Gasteiger partial charge in [0.2, 0.25) is 5.82 Å². The quantitative estimate of drug-likeness (QED) is 0.521. The monoisotopic (exact) mass is 386 g/mol. The van der Waals surface area contributed by atoms with Crippen LogP contribution in [0.1, 0.15) is 21.5 Å². The summed E-state index contributed by atoms with van der Waals surface area (Å²) in [6, 6.07) is 24.2. The highest BCUT2D eigenvalue weighted by molar-refractivity contribution is 5.89. The van der Waals surface area contributed by atoms with Crippen LogP contribution in [0.25, 0.3) is 11.4 Å². The fraction of sp³-hybridized carbons (Fsp3) is 0.0909. The van der Waals surface area contributed by atoms with Crippen LogP contribution in [0.5, 0.6) is 5.75 Å². The third kappa shape index (κ3) is 4.47. The van der Waals surface area contributed by atoms with E-state index in [0.29, 0.717) is 18.0 Å². The van der Waals surface area contributed by atoms with Crippen molar-refractivity contribution in [1.29, 1.82) is 0 Å². The van der Waals surface area contributed by atoms with Gasteiger partial charge in [0.15, 0.2) is 0 Å². The van der Waals surface area contributed by atoms with Gasteiger partial charge in [0.25, 0.3) is 0 Å². The van der Waals surface area contributed by atoms with Gasteiger partial charge in [0.05, 0.1) is 12.1 Å². The van der Waals surface area contributed by atoms with E-state index in [1.807, 2.05) is 54.6 Å². The van der Waals surface area contributed by atoms with E-state index in [4.69, 9.17) is 4.74 Å². The van der Waals surface area contributed by atoms with Gasteiger partial charge < -0.3 is 9.84 Å². The number of carbonyl (C=O) groups is 1. The first-order chi connectivity index (χ1) is 14.2. The first-order valence-electron chi connectivity index (χ1n) is 9.05. The van der Waals surface area contributed by atoms with Crippen LogP contribution in [0.4, 0.5) is 0 Å². The van der Waals surface area contributed by atoms with E-state index in [9.17, 15) is 9.90 Å². The molecule has 4 rings (SSSR count). The maximum absolute atomic E-state index is 11.3. The maximum atomic E-state index is 11.3. The number of hydrogen-bond acceptors (Lipinski definition) is 5. The summed E-state index contributed by atoms with van der Waals surface area (Å²) in [6.07, 6.45) is 0. The SMILES string of the molecule is O=C(O)c1ccccc1Cn1nnc(-c2ccc(OCc3ccccc3)cc2)n1. The summed E-state index contributed by atoms with van der Waals surface area (Å²) in [5.41, 5.74) is 2.75. The van der Waals surface area contributed by atoms with Crippen LogP contribution in [-0.4, -0.2) is 31.3 Å². The first-order valence-corrected chi connectivity index (χ1v) is 9.05. The summed E-state index contributed by atoms with van der Waals surface area (Å²) in [4.78, 5) is 12.7. The predicted molar refractivity (Wildman–Crippen MR) is 107 cm³/mol. The lowest BCUT2D eigenvalue weighted by Gasteiger charge is -2.06. The molecule has 144 valence electrons. The van der Waals surface area contributed by atoms with Crippen LogP contribution in [0.15, 0.2) is 78.9 Å². The molecular formula is C22H18N4O3. The lowest BCUT2D eigenvalue weighted by molar-refractivity contribution is 0.0695. The Hall–Kier alpha value is -4.00. The highest BCUT2D eigenvalue weighted by Gasteiger charge is 2.12. The van der Waals surface area contributed by atoms with E-state index in [-0.39, 0.29) is 12.1 Å². The maximum Gasteiger partial charge on any atom is 0.336 e. The smallest absolute Gasteiger partial charge is 0.336 e. The molecular weight excluding hydrogens is 368 g/mol. The number of ether oxygens (including phenoxy) is 1. The average Bonchev–Trinajstić information content (AvgIpc) is 3.22. The Kier molecular flexibility index (Phi) is 5.29. The molecule has 1 N–H and O–H groups in total. The van der Waals surface area contributed by atoms with Crippen LogP contribution < -0.4 is 4.74 Å². The number of hydrogen-bond donors (Lipinski definition) is 1. The molecule has 0 saturated carbocycles. The summed E-state index contributed by atoms with van der Waals surface area (Å²) in [6.45, 7) is 0.728. The summed E-state index contributed by atoms with van der Waals surface area (Å²) < 4.78 is 5.79. The molecule has 0 saturated heterocycles. The zero-order valence-electron chi connectivity index (χ0n) is 15.5. The van der Waals surface area contributed by atoms with Crippen LogP contribution in [0, 0.1) is 0 Å². The second-order valence-corrected chi connectivity index (χ2v) is 6.40. The standard InChI is InChI=1S/C22H18N4O3/c27-22(28)20-9-5-4-8-18(20)14-26-24-21(23-25-26)17-10-12-19(13-11-17)29-15-16-6-2-1-3-7-16/h1-13H,14-15H2,(H,27,28). The molecule has 0 aliphatic heterocycles. The molecule has 0 spiro atoms. The minimum atomic E-state index is -0.980. The third-order valence-electron chi connectivity index (χ3n) is 4.37. The van der Waals surface area contributed by atoms with Crippen molar-refractivity contribution in [3.05, 3.63) is 95.6 Å². The summed E-state index contributed by atoms with van der Waals surface area (Å²) >= 11 is 0. The zero-order chi connectivity index (χ0) is 20.1. The Morgan fingerprint density at radius 2 is 1.66 bits per heavy atom. The van der Waals surface area contributed by atoms with Gasteiger partial charge in [0.1, 0.15) is 12.4 Å². The second kappa shape index (κ2) is 8.35. The van der Waals surface area contributed by atoms with Crippen molar-refractivity contribution >= 4 is 5.97 Å². The van der Waals surface area contributed by atoms with Crippen molar-refractivity contribution in [2.75, 3.05) is 0 Å². The van der Waals surface area contributed by atoms with Gasteiger partial charge >= 0.3 is 5.97 Å². The van der Waals surface area contributed by atoms with Gasteiger partial charge in [-0.15, -0.1) is 10.2 Å². The van der Waals surface area contributed by atoms with E-state index < -0.39 is 5.97 Å². The molecule has 0 aliphatic carbocycles. The Morgan fingerprint density at radius 1 is 0.931 bits per heavy atom. The summed E-state index contributed by atoms with van der Waals surface area (Å²) in [5.74, 6) is 0.236. The molecule has 7 nitrogen and oxygen atoms in total. The second-order valence-electron chi connectivity index (χ2n) is 6.40. The number of aromatic nitrogens is 4. The van der Waals surface area contributed by atoms with Crippen molar-refractivity contribution in [3.8, 4) is 17.1 Å². The Labute approximate surface area is 167 Å². The number of tetrazole rings is 1. The van der Waals surface area contributed by atoms with Gasteiger partial charge in [-0.25, -0.2) is 4.79 Å². The Bertz CT molecular complexity index is 1110. The van der Waals surface area contributed by atoms with E-state index in [0.717, 1.165) is 16.9 Å². The molecule has 1 heterocycles. The van der Waals surface area contributed by atoms with E-state index >= 15 is 0 Å². The largest absolute Gasteiger partial charge is 0.489 e. The number of rotatable bonds is 7. The van der Waals surface area contributed by atoms with Gasteiger partial charge in [-0.1, -0.05) is 48.5 Å². The van der Waals surface area contributed by atoms with Gasteiger partial charge in [0, 0.05) is 5.56 Å². The summed E-state index contributed by atoms with van der Waals surface area (Å²) in [7, 11) is 0. The predicted octanol–water partition coefficient (Wildman–Crippen LogP) is 3.67. The van der Waals surface area contributed by atoms with Crippen molar-refractivity contribution in [1.82, 2.24) is 20.2 Å². The van der Waals surface area contributed by atoms with Crippen LogP contribution in [0.3, 0.4) is 0 Å². The highest BCUT2D eigenvalue weighted by Crippen LogP contribution is 2.20. The number of aromatic carboxylic acids is 1. The molecule has 1 aromatic heterocycles. The fourth-order valence-corrected chi connectivity index (χ4v) is 2.89. The van der Waals surface area contributed by atoms with Gasteiger partial charge in [-0.05, 0) is 46.7 Å². The molecule has 0 atom stereocenters. The molecule has 0 radical (unpaired) electrons. The fourth-order valence-electron chi connectivity index (χ4n) is 2.89. The third-order valence-corrected chi connectivity index (χ3v) is 4.37. The van der Waals surface area contributed by atoms with E-state index in [2.05, 4.69) is 15.4 Å². The molecule has 0 fully saturated rings. The molecule has 4 aromatic rings. The highest BCUT2D eigenvalue weighted by atomic mass is 16.5. The van der Waals surface area contributed by atoms with E-state index in [1.54, 1.807) is 24.3 Å². The number of benzene rings is 3. The molecule has 7 heteroatoms. The number of nitrogens with zero attached hydrogens (tertiary/aromatic N) is 4. The van der Waals surface area contributed by atoms with Crippen LogP contribution in [-0.2, 0) is 13.2 Å². The van der Waals surface area contributed by atoms with Crippen molar-refractivity contribution in [2.45, 2.75) is 13.2 Å². The molecule has 0 bridgehead atoms. The van der Waals surface area contributed by atoms with Crippen LogP contribution in [0.2, 0.25) is 0 Å². The normalized spacial score (nSPS) is 10.6. The topological polar surface area (TPSA) is 90.1 Å². The van der Waals surface area contributed by atoms with Gasteiger partial charge in [-0.3, -0.25) is 0 Å². The molecule has 0 unspecified atom stereocenters. The van der Waals surface area contributed by atoms with Crippen LogP contribution >= 0.6 is 0 Å². The first kappa shape index (κ1) is 18.4. The number of carboxylic acid groups (broad SMARTS) is 1. The Balaban J connectivity index is 1.44. The lowest BCUT2D eigenvalue weighted by atomic mass is 10.1.